The molecule has 1 aliphatic heterocycles. The number of morpholine rings is 1. The third-order valence-corrected chi connectivity index (χ3v) is 9.05. The quantitative estimate of drug-likeness (QED) is 0.516. The summed E-state index contributed by atoms with van der Waals surface area (Å²) in [6, 6.07) is 11.8. The van der Waals surface area contributed by atoms with E-state index in [1.807, 2.05) is 11.8 Å². The molecule has 2 aromatic carbocycles. The molecule has 0 aromatic heterocycles. The highest BCUT2D eigenvalue weighted by Crippen LogP contribution is 2.22. The predicted molar refractivity (Wildman–Crippen MR) is 122 cm³/mol. The van der Waals surface area contributed by atoms with Crippen molar-refractivity contribution in [2.45, 2.75) is 29.6 Å². The Kier molecular flexibility index (Phi) is 8.26. The van der Waals surface area contributed by atoms with Gasteiger partial charge in [-0.05, 0) is 49.2 Å². The molecule has 7 nitrogen and oxygen atoms in total. The van der Waals surface area contributed by atoms with Crippen LogP contribution in [0.5, 0.6) is 0 Å². The number of sulfonamides is 1. The number of nitrogens with zero attached hydrogens (tertiary/aromatic N) is 2. The number of hydrogen-bond acceptors (Lipinski definition) is 6. The molecule has 0 atom stereocenters. The minimum atomic E-state index is -3.68. The Morgan fingerprint density at radius 2 is 1.56 bits per heavy atom. The normalized spacial score (nSPS) is 15.6. The smallest absolute Gasteiger partial charge is 0.243 e. The van der Waals surface area contributed by atoms with E-state index in [9.17, 15) is 21.2 Å². The highest BCUT2D eigenvalue weighted by molar-refractivity contribution is 7.91. The van der Waals surface area contributed by atoms with E-state index >= 15 is 0 Å². The Hall–Kier alpha value is -2.01. The highest BCUT2D eigenvalue weighted by Gasteiger charge is 2.27. The first-order valence-corrected chi connectivity index (χ1v) is 13.7. The number of para-hydroxylation sites is 1. The Balaban J connectivity index is 1.65. The second-order valence-corrected chi connectivity index (χ2v) is 11.6. The largest absolute Gasteiger partial charge is 0.379 e. The van der Waals surface area contributed by atoms with Crippen LogP contribution < -0.4 is 4.90 Å². The molecular formula is C22H29FN2O5S2. The number of ether oxygens (including phenoxy) is 1. The lowest BCUT2D eigenvalue weighted by Crippen LogP contribution is -2.40. The Bertz CT molecular complexity index is 1100. The van der Waals surface area contributed by atoms with Gasteiger partial charge in [0, 0.05) is 26.2 Å². The Morgan fingerprint density at radius 3 is 2.19 bits per heavy atom. The second-order valence-electron chi connectivity index (χ2n) is 7.60. The number of sulfone groups is 1. The topological polar surface area (TPSA) is 84.0 Å². The Morgan fingerprint density at radius 1 is 0.938 bits per heavy atom. The van der Waals surface area contributed by atoms with Gasteiger partial charge in [0.1, 0.15) is 5.82 Å². The molecule has 0 radical (unpaired) electrons. The van der Waals surface area contributed by atoms with Gasteiger partial charge in [0.15, 0.2) is 9.84 Å². The van der Waals surface area contributed by atoms with Crippen LogP contribution in [0.2, 0.25) is 0 Å². The second kappa shape index (κ2) is 10.7. The maximum Gasteiger partial charge on any atom is 0.243 e. The molecule has 1 heterocycles. The van der Waals surface area contributed by atoms with E-state index in [4.69, 9.17) is 4.74 Å². The van der Waals surface area contributed by atoms with E-state index < -0.39 is 19.9 Å². The highest BCUT2D eigenvalue weighted by atomic mass is 32.2. The van der Waals surface area contributed by atoms with Crippen molar-refractivity contribution in [1.82, 2.24) is 4.31 Å². The van der Waals surface area contributed by atoms with Crippen molar-refractivity contribution in [3.05, 3.63) is 54.3 Å². The molecule has 0 saturated carbocycles. The van der Waals surface area contributed by atoms with Gasteiger partial charge in [0.05, 0.1) is 34.4 Å². The maximum absolute atomic E-state index is 14.1. The van der Waals surface area contributed by atoms with E-state index in [-0.39, 0.29) is 34.5 Å². The zero-order chi connectivity index (χ0) is 23.2. The van der Waals surface area contributed by atoms with Crippen LogP contribution in [0, 0.1) is 5.82 Å². The van der Waals surface area contributed by atoms with Crippen molar-refractivity contribution in [2.24, 2.45) is 0 Å². The minimum Gasteiger partial charge on any atom is -0.379 e. The molecule has 0 aliphatic carbocycles. The van der Waals surface area contributed by atoms with Crippen molar-refractivity contribution in [2.75, 3.05) is 50.0 Å². The lowest BCUT2D eigenvalue weighted by Gasteiger charge is -2.26. The van der Waals surface area contributed by atoms with Gasteiger partial charge < -0.3 is 9.64 Å². The summed E-state index contributed by atoms with van der Waals surface area (Å²) < 4.78 is 71.6. The van der Waals surface area contributed by atoms with E-state index in [0.717, 1.165) is 6.42 Å². The lowest BCUT2D eigenvalue weighted by atomic mass is 10.2. The first-order chi connectivity index (χ1) is 15.3. The van der Waals surface area contributed by atoms with Crippen molar-refractivity contribution in [1.29, 1.82) is 0 Å². The van der Waals surface area contributed by atoms with Crippen molar-refractivity contribution in [3.63, 3.8) is 0 Å². The summed E-state index contributed by atoms with van der Waals surface area (Å²) in [6.07, 6.45) is 1.13. The fourth-order valence-corrected chi connectivity index (χ4v) is 6.35. The summed E-state index contributed by atoms with van der Waals surface area (Å²) in [5.41, 5.74) is 0.462. The summed E-state index contributed by atoms with van der Waals surface area (Å²) in [4.78, 5) is 1.99. The average Bonchev–Trinajstić information content (AvgIpc) is 2.79. The molecule has 2 aromatic rings. The number of hydrogen-bond donors (Lipinski definition) is 0. The Labute approximate surface area is 189 Å². The van der Waals surface area contributed by atoms with E-state index in [2.05, 4.69) is 0 Å². The molecule has 3 rings (SSSR count). The van der Waals surface area contributed by atoms with Crippen LogP contribution in [0.3, 0.4) is 0 Å². The van der Waals surface area contributed by atoms with Crippen LogP contribution in [0.25, 0.3) is 0 Å². The predicted octanol–water partition coefficient (Wildman–Crippen LogP) is 2.93. The van der Waals surface area contributed by atoms with Crippen LogP contribution in [-0.2, 0) is 24.6 Å². The van der Waals surface area contributed by atoms with E-state index in [1.54, 1.807) is 18.2 Å². The zero-order valence-electron chi connectivity index (χ0n) is 18.1. The number of halogens is 1. The molecule has 0 unspecified atom stereocenters. The van der Waals surface area contributed by atoms with Gasteiger partial charge >= 0.3 is 0 Å². The third kappa shape index (κ3) is 5.86. The molecule has 0 N–H and O–H groups in total. The third-order valence-electron chi connectivity index (χ3n) is 5.32. The summed E-state index contributed by atoms with van der Waals surface area (Å²) in [5, 5.41) is 0. The zero-order valence-corrected chi connectivity index (χ0v) is 19.7. The summed E-state index contributed by atoms with van der Waals surface area (Å²) in [7, 11) is -7.28. The molecule has 10 heteroatoms. The van der Waals surface area contributed by atoms with Gasteiger partial charge in [0.2, 0.25) is 10.0 Å². The van der Waals surface area contributed by atoms with Crippen LogP contribution >= 0.6 is 0 Å². The first kappa shape index (κ1) is 24.6. The van der Waals surface area contributed by atoms with E-state index in [1.165, 1.54) is 34.6 Å². The lowest BCUT2D eigenvalue weighted by molar-refractivity contribution is 0.0730. The van der Waals surface area contributed by atoms with Crippen molar-refractivity contribution < 1.29 is 26.0 Å². The summed E-state index contributed by atoms with van der Waals surface area (Å²) in [6.45, 7) is 4.24. The van der Waals surface area contributed by atoms with Crippen LogP contribution in [-0.4, -0.2) is 66.3 Å². The number of anilines is 1. The molecule has 0 spiro atoms. The molecule has 0 amide bonds. The number of benzene rings is 2. The monoisotopic (exact) mass is 484 g/mol. The summed E-state index contributed by atoms with van der Waals surface area (Å²) >= 11 is 0. The van der Waals surface area contributed by atoms with Crippen molar-refractivity contribution >= 4 is 25.5 Å². The van der Waals surface area contributed by atoms with Crippen LogP contribution in [0.15, 0.2) is 58.3 Å². The fraction of sp³-hybridized carbons (Fsp3) is 0.455. The van der Waals surface area contributed by atoms with Crippen LogP contribution in [0.1, 0.15) is 19.8 Å². The van der Waals surface area contributed by atoms with Gasteiger partial charge in [-0.1, -0.05) is 19.1 Å². The molecule has 176 valence electrons. The molecule has 1 aliphatic rings. The molecule has 1 fully saturated rings. The van der Waals surface area contributed by atoms with E-state index in [0.29, 0.717) is 38.4 Å². The average molecular weight is 485 g/mol. The van der Waals surface area contributed by atoms with Gasteiger partial charge in [-0.15, -0.1) is 0 Å². The molecule has 0 bridgehead atoms. The fourth-order valence-electron chi connectivity index (χ4n) is 3.65. The molecular weight excluding hydrogens is 455 g/mol. The number of rotatable bonds is 10. The minimum absolute atomic E-state index is 0.0621. The SMILES string of the molecule is CCCN(CCCS(=O)(=O)c1ccc(S(=O)(=O)N2CCOCC2)cc1)c1ccccc1F. The molecule has 32 heavy (non-hydrogen) atoms. The van der Waals surface area contributed by atoms with Gasteiger partial charge in [0.25, 0.3) is 0 Å². The maximum atomic E-state index is 14.1. The van der Waals surface area contributed by atoms with Crippen LogP contribution in [0.4, 0.5) is 10.1 Å². The van der Waals surface area contributed by atoms with Crippen molar-refractivity contribution in [3.8, 4) is 0 Å². The standard InChI is InChI=1S/C22H29FN2O5S2/c1-2-12-24(22-7-4-3-6-21(22)23)13-5-18-31(26,27)19-8-10-20(11-9-19)32(28,29)25-14-16-30-17-15-25/h3-4,6-11H,2,5,12-18H2,1H3. The summed E-state index contributed by atoms with van der Waals surface area (Å²) in [5.74, 6) is -0.446. The van der Waals surface area contributed by atoms with Gasteiger partial charge in [-0.25, -0.2) is 21.2 Å². The van der Waals surface area contributed by atoms with Gasteiger partial charge in [-0.3, -0.25) is 0 Å². The first-order valence-electron chi connectivity index (χ1n) is 10.7. The molecule has 1 saturated heterocycles. The van der Waals surface area contributed by atoms with Gasteiger partial charge in [-0.2, -0.15) is 4.31 Å².